The van der Waals surface area contributed by atoms with Gasteiger partial charge in [0.15, 0.2) is 0 Å². The molecule has 0 saturated carbocycles. The molecule has 0 aromatic rings. The van der Waals surface area contributed by atoms with Gasteiger partial charge in [-0.1, -0.05) is 36.4 Å². The average Bonchev–Trinajstić information content (AvgIpc) is 2.95. The number of carbonyl (C=O) groups excluding carboxylic acids is 2. The number of carbonyl (C=O) groups is 2. The van der Waals surface area contributed by atoms with Crippen molar-refractivity contribution in [3.05, 3.63) is 23.2 Å². The van der Waals surface area contributed by atoms with Crippen LogP contribution in [-0.2, 0) is 23.8 Å². The summed E-state index contributed by atoms with van der Waals surface area (Å²) < 4.78 is 16.0. The smallest absolute Gasteiger partial charge is 0.313 e. The summed E-state index contributed by atoms with van der Waals surface area (Å²) in [6, 6.07) is 0. The third kappa shape index (κ3) is 3.47. The second-order valence-electron chi connectivity index (χ2n) is 5.76. The maximum absolute atomic E-state index is 12.3. The van der Waals surface area contributed by atoms with Gasteiger partial charge in [-0.2, -0.15) is 0 Å². The van der Waals surface area contributed by atoms with E-state index in [1.54, 1.807) is 0 Å². The Kier molecular flexibility index (Phi) is 5.20. The zero-order valence-corrected chi connectivity index (χ0v) is 13.8. The van der Waals surface area contributed by atoms with Crippen molar-refractivity contribution in [3.63, 3.8) is 0 Å². The van der Waals surface area contributed by atoms with Crippen molar-refractivity contribution in [1.82, 2.24) is 0 Å². The minimum absolute atomic E-state index is 0.0967. The molecule has 4 unspecified atom stereocenters. The molecule has 2 saturated heterocycles. The van der Waals surface area contributed by atoms with Crippen LogP contribution in [0.4, 0.5) is 0 Å². The number of ether oxygens (including phenoxy) is 3. The van der Waals surface area contributed by atoms with E-state index in [4.69, 9.17) is 37.4 Å². The average molecular weight is 349 g/mol. The molecule has 2 aliphatic heterocycles. The highest BCUT2D eigenvalue weighted by molar-refractivity contribution is 6.29. The lowest BCUT2D eigenvalue weighted by Crippen LogP contribution is -2.45. The van der Waals surface area contributed by atoms with Gasteiger partial charge in [0.2, 0.25) is 0 Å². The number of fused-ring (bicyclic) bond motifs is 2. The Morgan fingerprint density at radius 2 is 1.73 bits per heavy atom. The third-order valence-corrected chi connectivity index (χ3v) is 4.25. The normalized spacial score (nSPS) is 32.6. The lowest BCUT2D eigenvalue weighted by atomic mass is 9.72. The molecule has 2 fully saturated rings. The molecule has 0 aromatic heterocycles. The molecule has 5 nitrogen and oxygen atoms in total. The van der Waals surface area contributed by atoms with Gasteiger partial charge in [-0.15, -0.1) is 0 Å². The zero-order valence-electron chi connectivity index (χ0n) is 12.3. The topological polar surface area (TPSA) is 61.8 Å². The summed E-state index contributed by atoms with van der Waals surface area (Å²) in [4.78, 5) is 24.6. The van der Waals surface area contributed by atoms with Crippen LogP contribution in [0.3, 0.4) is 0 Å². The van der Waals surface area contributed by atoms with Crippen LogP contribution < -0.4 is 0 Å². The van der Waals surface area contributed by atoms with Crippen LogP contribution in [0.2, 0.25) is 0 Å². The summed E-state index contributed by atoms with van der Waals surface area (Å²) in [5.41, 5.74) is -0.725. The van der Waals surface area contributed by atoms with Gasteiger partial charge >= 0.3 is 11.9 Å². The molecule has 4 atom stereocenters. The second-order valence-corrected chi connectivity index (χ2v) is 6.83. The molecule has 0 aromatic carbocycles. The van der Waals surface area contributed by atoms with Gasteiger partial charge in [-0.3, -0.25) is 9.59 Å². The molecule has 2 rings (SSSR count). The number of rotatable bonds is 6. The van der Waals surface area contributed by atoms with Crippen molar-refractivity contribution in [2.75, 3.05) is 13.2 Å². The standard InChI is InChI=1S/C15H18Cl2O5/c1-8(16)6-20-13(18)11-10-4-5-15(3,22-10)12(11)14(19)21-7-9(2)17/h10-12H,1-2,4-7H2,3H3. The Morgan fingerprint density at radius 3 is 2.27 bits per heavy atom. The molecule has 0 amide bonds. The van der Waals surface area contributed by atoms with E-state index < -0.39 is 29.4 Å². The first-order valence-corrected chi connectivity index (χ1v) is 7.68. The minimum atomic E-state index is -0.725. The lowest BCUT2D eigenvalue weighted by molar-refractivity contribution is -0.161. The largest absolute Gasteiger partial charge is 0.460 e. The SMILES string of the molecule is C=C(Cl)COC(=O)C1C2CCC(C)(O2)C1C(=O)OCC(=C)Cl. The van der Waals surface area contributed by atoms with Gasteiger partial charge in [0.05, 0.1) is 17.6 Å². The van der Waals surface area contributed by atoms with Crippen molar-refractivity contribution in [2.45, 2.75) is 31.5 Å². The maximum atomic E-state index is 12.3. The Balaban J connectivity index is 2.12. The predicted molar refractivity (Wildman–Crippen MR) is 81.4 cm³/mol. The summed E-state index contributed by atoms with van der Waals surface area (Å²) in [6.07, 6.45) is 1.04. The van der Waals surface area contributed by atoms with E-state index in [1.807, 2.05) is 6.92 Å². The van der Waals surface area contributed by atoms with Crippen molar-refractivity contribution < 1.29 is 23.8 Å². The Bertz CT molecular complexity index is 518. The number of esters is 2. The van der Waals surface area contributed by atoms with Crippen LogP contribution in [0.25, 0.3) is 0 Å². The third-order valence-electron chi connectivity index (χ3n) is 4.03. The molecule has 7 heteroatoms. The molecule has 2 heterocycles. The van der Waals surface area contributed by atoms with Gasteiger partial charge in [0.25, 0.3) is 0 Å². The first-order valence-electron chi connectivity index (χ1n) is 6.92. The number of halogens is 2. The number of hydrogen-bond donors (Lipinski definition) is 0. The van der Waals surface area contributed by atoms with Crippen molar-refractivity contribution in [3.8, 4) is 0 Å². The Hall–Kier alpha value is -1.04. The molecule has 122 valence electrons. The minimum Gasteiger partial charge on any atom is -0.460 e. The summed E-state index contributed by atoms with van der Waals surface area (Å²) in [6.45, 7) is 8.53. The molecular formula is C15H18Cl2O5. The van der Waals surface area contributed by atoms with E-state index in [2.05, 4.69) is 13.2 Å². The van der Waals surface area contributed by atoms with Crippen molar-refractivity contribution >= 4 is 35.1 Å². The first-order chi connectivity index (χ1) is 10.2. The van der Waals surface area contributed by atoms with Crippen LogP contribution in [0.15, 0.2) is 23.2 Å². The fourth-order valence-corrected chi connectivity index (χ4v) is 3.25. The van der Waals surface area contributed by atoms with Crippen LogP contribution in [0, 0.1) is 11.8 Å². The molecule has 2 aliphatic rings. The van der Waals surface area contributed by atoms with E-state index in [-0.39, 0.29) is 29.4 Å². The van der Waals surface area contributed by atoms with Gasteiger partial charge in [-0.05, 0) is 19.8 Å². The highest BCUT2D eigenvalue weighted by Gasteiger charge is 2.63. The second kappa shape index (κ2) is 6.60. The van der Waals surface area contributed by atoms with Gasteiger partial charge in [-0.25, -0.2) is 0 Å². The predicted octanol–water partition coefficient (Wildman–Crippen LogP) is 2.76. The van der Waals surface area contributed by atoms with Crippen LogP contribution in [0.5, 0.6) is 0 Å². The molecule has 0 radical (unpaired) electrons. The summed E-state index contributed by atoms with van der Waals surface area (Å²) in [7, 11) is 0. The molecule has 0 spiro atoms. The molecule has 0 aliphatic carbocycles. The zero-order chi connectivity index (χ0) is 16.5. The van der Waals surface area contributed by atoms with Gasteiger partial charge < -0.3 is 14.2 Å². The van der Waals surface area contributed by atoms with E-state index in [9.17, 15) is 9.59 Å². The fraction of sp³-hybridized carbons (Fsp3) is 0.600. The Morgan fingerprint density at radius 1 is 1.18 bits per heavy atom. The van der Waals surface area contributed by atoms with Gasteiger partial charge in [0.1, 0.15) is 19.1 Å². The molecule has 2 bridgehead atoms. The molecule has 22 heavy (non-hydrogen) atoms. The molecular weight excluding hydrogens is 331 g/mol. The van der Waals surface area contributed by atoms with Crippen molar-refractivity contribution in [2.24, 2.45) is 11.8 Å². The van der Waals surface area contributed by atoms with Gasteiger partial charge in [0, 0.05) is 10.1 Å². The van der Waals surface area contributed by atoms with Crippen LogP contribution >= 0.6 is 23.2 Å². The lowest BCUT2D eigenvalue weighted by Gasteiger charge is -2.30. The summed E-state index contributed by atoms with van der Waals surface area (Å²) in [5, 5.41) is 0.418. The summed E-state index contributed by atoms with van der Waals surface area (Å²) in [5.74, 6) is -2.48. The first kappa shape index (κ1) is 17.3. The van der Waals surface area contributed by atoms with E-state index in [1.165, 1.54) is 0 Å². The number of hydrogen-bond acceptors (Lipinski definition) is 5. The quantitative estimate of drug-likeness (QED) is 0.690. The van der Waals surface area contributed by atoms with Crippen LogP contribution in [-0.4, -0.2) is 36.9 Å². The van der Waals surface area contributed by atoms with Crippen LogP contribution in [0.1, 0.15) is 19.8 Å². The monoisotopic (exact) mass is 348 g/mol. The highest BCUT2D eigenvalue weighted by Crippen LogP contribution is 2.52. The van der Waals surface area contributed by atoms with E-state index in [0.717, 1.165) is 0 Å². The fourth-order valence-electron chi connectivity index (χ4n) is 3.14. The van der Waals surface area contributed by atoms with E-state index in [0.29, 0.717) is 12.8 Å². The molecule has 0 N–H and O–H groups in total. The maximum Gasteiger partial charge on any atom is 0.313 e. The van der Waals surface area contributed by atoms with Crippen molar-refractivity contribution in [1.29, 1.82) is 0 Å². The summed E-state index contributed by atoms with van der Waals surface area (Å²) >= 11 is 11.2. The highest BCUT2D eigenvalue weighted by atomic mass is 35.5. The Labute approximate surface area is 139 Å². The van der Waals surface area contributed by atoms with E-state index >= 15 is 0 Å².